The lowest BCUT2D eigenvalue weighted by Crippen LogP contribution is -2.28. The second-order valence-corrected chi connectivity index (χ2v) is 30.7. The van der Waals surface area contributed by atoms with Gasteiger partial charge in [-0.1, -0.05) is 86.6 Å². The Labute approximate surface area is 434 Å². The van der Waals surface area contributed by atoms with Crippen LogP contribution in [0, 0.1) is 0 Å². The lowest BCUT2D eigenvalue weighted by molar-refractivity contribution is 0.158. The lowest BCUT2D eigenvalue weighted by Gasteiger charge is -2.27. The zero-order valence-corrected chi connectivity index (χ0v) is 47.0. The van der Waals surface area contributed by atoms with E-state index in [9.17, 15) is 28.7 Å². The second kappa shape index (κ2) is 28.2. The molecule has 0 aliphatic heterocycles. The summed E-state index contributed by atoms with van der Waals surface area (Å²) in [5, 5.41) is 13.9. The van der Waals surface area contributed by atoms with Gasteiger partial charge in [-0.05, 0) is 125 Å². The Bertz CT molecular complexity index is 2930. The maximum absolute atomic E-state index is 11.5. The highest BCUT2D eigenvalue weighted by atomic mass is 32.4. The van der Waals surface area contributed by atoms with Crippen LogP contribution < -0.4 is 34.4 Å². The largest absolute Gasteiger partial charge is 0.472 e. The van der Waals surface area contributed by atoms with E-state index in [1.807, 2.05) is 104 Å². The molecule has 27 heteroatoms. The maximum Gasteiger partial charge on any atom is 0.339 e. The normalized spacial score (nSPS) is 12.9. The van der Waals surface area contributed by atoms with Gasteiger partial charge in [-0.2, -0.15) is 10.2 Å². The molecule has 0 aliphatic rings. The van der Waals surface area contributed by atoms with Gasteiger partial charge < -0.3 is 38.1 Å². The van der Waals surface area contributed by atoms with Gasteiger partial charge in [0.1, 0.15) is 44.1 Å². The number of rotatable bonds is 27. The minimum absolute atomic E-state index is 0.0299. The summed E-state index contributed by atoms with van der Waals surface area (Å²) in [6.45, 7) is 0.315. The van der Waals surface area contributed by atoms with E-state index in [1.54, 1.807) is 53.5 Å². The fourth-order valence-corrected chi connectivity index (χ4v) is 14.8. The third kappa shape index (κ3) is 19.1. The van der Waals surface area contributed by atoms with Gasteiger partial charge in [-0.25, -0.2) is 4.78 Å². The first-order chi connectivity index (χ1) is 35.0. The van der Waals surface area contributed by atoms with Crippen LogP contribution in [0.15, 0.2) is 178 Å². The highest BCUT2D eigenvalue weighted by Crippen LogP contribution is 2.63. The molecule has 0 saturated heterocycles. The molecule has 73 heavy (non-hydrogen) atoms. The molecule has 0 heterocycles. The molecule has 0 bridgehead atoms. The van der Waals surface area contributed by atoms with Gasteiger partial charge in [0, 0.05) is 41.5 Å². The first-order valence-corrected chi connectivity index (χ1v) is 34.4. The Hall–Kier alpha value is -4.80. The zero-order valence-electron chi connectivity index (χ0n) is 39.4. The van der Waals surface area contributed by atoms with Gasteiger partial charge in [-0.15, -0.1) is 0 Å². The Morgan fingerprint density at radius 1 is 0.699 bits per heavy atom. The number of hydrogen-bond donors (Lipinski definition) is 4. The number of benzene rings is 6. The maximum atomic E-state index is 11.5. The Morgan fingerprint density at radius 2 is 1.19 bits per heavy atom. The zero-order chi connectivity index (χ0) is 52.3. The standard InChI is InChI=1S/C46H54N9O10P7S/c1-53(48-31-38-17-21-42(22-18-38)64-67-68(66)52-51-47)34-63-41-25-27-46(28-26-41)72(44-9-5-3-6-10-44,45-11-7-4-8-12-45)50-33-62-40-19-15-39(16-20-40)32-49-54(2)69(73)65-43-23-13-37(14-24-43)29-30-55(35-70(56,57)58)36-71(59,60)61/h3-28,31-32,67,69H,29-30,33-36,66H2,1-2H3,(H2,56,57,58)(H2,59,60,61). The molecule has 4 unspecified atom stereocenters. The number of hydrazone groups is 2. The predicted octanol–water partition coefficient (Wildman–Crippen LogP) is 9.85. The van der Waals surface area contributed by atoms with Gasteiger partial charge in [0.2, 0.25) is 7.07 Å². The minimum atomic E-state index is -4.52. The van der Waals surface area contributed by atoms with Crippen LogP contribution in [-0.4, -0.2) is 93.4 Å². The molecule has 4 N–H and O–H groups in total. The van der Waals surface area contributed by atoms with Crippen LogP contribution in [0.5, 0.6) is 23.0 Å². The number of nitrogens with zero attached hydrogens (tertiary/aromatic N) is 9. The van der Waals surface area contributed by atoms with Crippen molar-refractivity contribution in [1.82, 2.24) is 14.7 Å². The third-order valence-electron chi connectivity index (χ3n) is 10.2. The molecule has 0 fully saturated rings. The Kier molecular flexibility index (Phi) is 22.2. The molecule has 384 valence electrons. The molecule has 0 amide bonds. The Balaban J connectivity index is 1.06. The SMILES string of the molecule is CN(COc1ccc(P(=NCOc2ccc(C=NN(C)[PH](=S)Oc3ccc(CCN(CP(=O)(O)O)CP(=O)(O)O)cc3)cc2)(c2ccccc2)c2ccccc2)cc1)N=Cc1ccc(OPP(P)N=[N+]=[N-])cc1. The summed E-state index contributed by atoms with van der Waals surface area (Å²) in [7, 11) is -8.51. The molecule has 0 saturated carbocycles. The molecular weight excluding hydrogens is 1090 g/mol. The first-order valence-electron chi connectivity index (χ1n) is 21.9. The van der Waals surface area contributed by atoms with Crippen molar-refractivity contribution in [3.05, 3.63) is 185 Å². The quantitative estimate of drug-likeness (QED) is 0.00713. The van der Waals surface area contributed by atoms with E-state index in [1.165, 1.54) is 0 Å². The lowest BCUT2D eigenvalue weighted by atomic mass is 10.1. The van der Waals surface area contributed by atoms with Crippen LogP contribution in [0.2, 0.25) is 0 Å². The number of hydrogen-bond acceptors (Lipinski definition) is 13. The Morgan fingerprint density at radius 3 is 1.74 bits per heavy atom. The van der Waals surface area contributed by atoms with Crippen molar-refractivity contribution in [2.75, 3.05) is 46.7 Å². The summed E-state index contributed by atoms with van der Waals surface area (Å²) in [6.07, 6.45) is 2.18. The third-order valence-corrected chi connectivity index (χ3v) is 20.7. The van der Waals surface area contributed by atoms with Gasteiger partial charge in [0.25, 0.3) is 0 Å². The summed E-state index contributed by atoms with van der Waals surface area (Å²) in [6, 6.07) is 50.4. The smallest absolute Gasteiger partial charge is 0.339 e. The fourth-order valence-electron chi connectivity index (χ4n) is 6.81. The van der Waals surface area contributed by atoms with Crippen molar-refractivity contribution in [2.24, 2.45) is 19.8 Å². The minimum Gasteiger partial charge on any atom is -0.472 e. The van der Waals surface area contributed by atoms with Crippen LogP contribution >= 0.6 is 54.2 Å². The number of azide groups is 1. The molecule has 6 rings (SSSR count). The molecule has 6 aromatic carbocycles. The summed E-state index contributed by atoms with van der Waals surface area (Å²) in [5.74, 6) is 2.49. The fraction of sp³-hybridized carbons (Fsp3) is 0.174. The highest BCUT2D eigenvalue weighted by molar-refractivity contribution is 8.46. The predicted molar refractivity (Wildman–Crippen MR) is 304 cm³/mol. The van der Waals surface area contributed by atoms with Crippen molar-refractivity contribution < 1.29 is 47.2 Å². The molecular formula is C46H54N9O10P7S. The first kappa shape index (κ1) is 57.5. The van der Waals surface area contributed by atoms with E-state index >= 15 is 0 Å². The molecule has 0 aliphatic carbocycles. The van der Waals surface area contributed by atoms with Gasteiger partial charge in [-0.3, -0.25) is 23.8 Å². The van der Waals surface area contributed by atoms with Crippen molar-refractivity contribution in [2.45, 2.75) is 6.42 Å². The molecule has 6 aromatic rings. The van der Waals surface area contributed by atoms with E-state index in [0.29, 0.717) is 29.4 Å². The van der Waals surface area contributed by atoms with Crippen LogP contribution in [0.4, 0.5) is 0 Å². The molecule has 4 atom stereocenters. The summed E-state index contributed by atoms with van der Waals surface area (Å²) < 4.78 is 54.1. The van der Waals surface area contributed by atoms with Crippen molar-refractivity contribution in [3.8, 4) is 23.0 Å². The van der Waals surface area contributed by atoms with E-state index < -0.39 is 49.3 Å². The average molecular weight is 1140 g/mol. The number of ether oxygens (including phenoxy) is 2. The van der Waals surface area contributed by atoms with E-state index in [0.717, 1.165) is 37.5 Å². The highest BCUT2D eigenvalue weighted by Gasteiger charge is 2.28. The summed E-state index contributed by atoms with van der Waals surface area (Å²) in [4.78, 5) is 44.9. The monoisotopic (exact) mass is 1140 g/mol. The topological polar surface area (TPSA) is 248 Å². The second-order valence-electron chi connectivity index (χ2n) is 15.8. The van der Waals surface area contributed by atoms with Crippen molar-refractivity contribution in [3.63, 3.8) is 0 Å². The van der Waals surface area contributed by atoms with Crippen molar-refractivity contribution >= 4 is 94.3 Å². The van der Waals surface area contributed by atoms with Crippen LogP contribution in [0.3, 0.4) is 0 Å². The average Bonchev–Trinajstić information content (AvgIpc) is 3.37. The van der Waals surface area contributed by atoms with E-state index in [-0.39, 0.29) is 28.5 Å². The molecule has 0 radical (unpaired) electrons. The van der Waals surface area contributed by atoms with Crippen LogP contribution in [0.1, 0.15) is 16.7 Å². The molecule has 0 aromatic heterocycles. The summed E-state index contributed by atoms with van der Waals surface area (Å²) >= 11 is 5.64. The van der Waals surface area contributed by atoms with E-state index in [4.69, 9.17) is 40.6 Å². The van der Waals surface area contributed by atoms with Gasteiger partial charge >= 0.3 is 15.2 Å². The molecule has 19 nitrogen and oxygen atoms in total. The molecule has 0 spiro atoms. The van der Waals surface area contributed by atoms with Crippen LogP contribution in [-0.2, 0) is 27.4 Å². The summed E-state index contributed by atoms with van der Waals surface area (Å²) in [5.41, 5.74) is 11.1. The van der Waals surface area contributed by atoms with Gasteiger partial charge in [0.15, 0.2) is 13.5 Å². The van der Waals surface area contributed by atoms with Gasteiger partial charge in [0.05, 0.1) is 26.9 Å². The van der Waals surface area contributed by atoms with Crippen molar-refractivity contribution in [1.29, 1.82) is 0 Å². The van der Waals surface area contributed by atoms with E-state index in [2.05, 4.69) is 65.3 Å². The van der Waals surface area contributed by atoms with Crippen LogP contribution in [0.25, 0.3) is 10.4 Å².